The van der Waals surface area contributed by atoms with E-state index in [2.05, 4.69) is 20.7 Å². The molecule has 33 heavy (non-hydrogen) atoms. The maximum Gasteiger partial charge on any atom is 0.306 e. The number of rotatable bonds is 13. The first kappa shape index (κ1) is 26.7. The third-order valence-corrected chi connectivity index (χ3v) is 7.14. The molecular weight excluding hydrogens is 448 g/mol. The van der Waals surface area contributed by atoms with E-state index in [9.17, 15) is 22.8 Å². The Kier molecular flexibility index (Phi) is 10.8. The van der Waals surface area contributed by atoms with Gasteiger partial charge in [0.15, 0.2) is 0 Å². The van der Waals surface area contributed by atoms with Crippen molar-refractivity contribution in [3.63, 3.8) is 0 Å². The molecule has 11 heteroatoms. The van der Waals surface area contributed by atoms with E-state index in [0.717, 1.165) is 32.4 Å². The number of aryl methyl sites for hydroxylation is 1. The van der Waals surface area contributed by atoms with E-state index in [0.29, 0.717) is 24.3 Å². The van der Waals surface area contributed by atoms with Crippen LogP contribution in [0.5, 0.6) is 0 Å². The SMILES string of the molecule is CCc1ccccc1S(=O)(=O)NC(CC(=O)O)NC(=O)CCNC(=O)CCC1CCNCC1. The van der Waals surface area contributed by atoms with E-state index in [1.165, 1.54) is 6.07 Å². The summed E-state index contributed by atoms with van der Waals surface area (Å²) in [5.41, 5.74) is 0.581. The van der Waals surface area contributed by atoms with Crippen molar-refractivity contribution in [1.82, 2.24) is 20.7 Å². The van der Waals surface area contributed by atoms with Crippen LogP contribution in [-0.4, -0.2) is 57.1 Å². The topological polar surface area (TPSA) is 154 Å². The molecule has 10 nitrogen and oxygen atoms in total. The van der Waals surface area contributed by atoms with Gasteiger partial charge in [0.25, 0.3) is 0 Å². The summed E-state index contributed by atoms with van der Waals surface area (Å²) in [5.74, 6) is -1.44. The Morgan fingerprint density at radius 1 is 1.12 bits per heavy atom. The van der Waals surface area contributed by atoms with E-state index in [1.54, 1.807) is 18.2 Å². The summed E-state index contributed by atoms with van der Waals surface area (Å²) in [4.78, 5) is 35.5. The van der Waals surface area contributed by atoms with Gasteiger partial charge < -0.3 is 21.1 Å². The van der Waals surface area contributed by atoms with Crippen LogP contribution in [0.15, 0.2) is 29.2 Å². The summed E-state index contributed by atoms with van der Waals surface area (Å²) >= 11 is 0. The molecule has 1 unspecified atom stereocenters. The lowest BCUT2D eigenvalue weighted by Crippen LogP contribution is -2.49. The van der Waals surface area contributed by atoms with Gasteiger partial charge in [-0.25, -0.2) is 8.42 Å². The zero-order valence-corrected chi connectivity index (χ0v) is 19.7. The molecule has 1 fully saturated rings. The van der Waals surface area contributed by atoms with Crippen LogP contribution in [0.3, 0.4) is 0 Å². The number of sulfonamides is 1. The molecule has 184 valence electrons. The largest absolute Gasteiger partial charge is 0.481 e. The Balaban J connectivity index is 1.84. The van der Waals surface area contributed by atoms with Crippen molar-refractivity contribution >= 4 is 27.8 Å². The number of amides is 2. The van der Waals surface area contributed by atoms with Crippen LogP contribution in [-0.2, 0) is 30.8 Å². The van der Waals surface area contributed by atoms with E-state index in [-0.39, 0.29) is 23.8 Å². The molecule has 0 radical (unpaired) electrons. The Labute approximate surface area is 195 Å². The van der Waals surface area contributed by atoms with Crippen LogP contribution in [0.25, 0.3) is 0 Å². The van der Waals surface area contributed by atoms with Crippen molar-refractivity contribution in [2.45, 2.75) is 62.9 Å². The normalized spacial score (nSPS) is 15.5. The Morgan fingerprint density at radius 2 is 1.82 bits per heavy atom. The van der Waals surface area contributed by atoms with Gasteiger partial charge in [0.1, 0.15) is 6.17 Å². The third-order valence-electron chi connectivity index (χ3n) is 5.57. The van der Waals surface area contributed by atoms with Crippen LogP contribution >= 0.6 is 0 Å². The number of carbonyl (C=O) groups excluding carboxylic acids is 2. The molecule has 1 heterocycles. The second-order valence-corrected chi connectivity index (χ2v) is 9.81. The van der Waals surface area contributed by atoms with Crippen LogP contribution in [0.1, 0.15) is 51.0 Å². The monoisotopic (exact) mass is 482 g/mol. The number of piperidine rings is 1. The fraction of sp³-hybridized carbons (Fsp3) is 0.591. The van der Waals surface area contributed by atoms with E-state index >= 15 is 0 Å². The molecule has 0 aliphatic carbocycles. The molecule has 0 saturated carbocycles. The summed E-state index contributed by atoms with van der Waals surface area (Å²) in [5, 5.41) is 17.5. The molecule has 0 spiro atoms. The predicted molar refractivity (Wildman–Crippen MR) is 123 cm³/mol. The quantitative estimate of drug-likeness (QED) is 0.260. The lowest BCUT2D eigenvalue weighted by Gasteiger charge is -2.22. The summed E-state index contributed by atoms with van der Waals surface area (Å²) in [6.07, 6.45) is 1.75. The maximum atomic E-state index is 12.8. The van der Waals surface area contributed by atoms with E-state index in [1.807, 2.05) is 6.92 Å². The zero-order chi connectivity index (χ0) is 24.3. The number of hydrogen-bond donors (Lipinski definition) is 5. The van der Waals surface area contributed by atoms with Crippen molar-refractivity contribution in [2.24, 2.45) is 5.92 Å². The number of hydrogen-bond acceptors (Lipinski definition) is 6. The minimum absolute atomic E-state index is 0.0400. The number of carboxylic acids is 1. The molecule has 0 bridgehead atoms. The summed E-state index contributed by atoms with van der Waals surface area (Å²) in [6.45, 7) is 3.84. The Morgan fingerprint density at radius 3 is 2.48 bits per heavy atom. The molecule has 0 aromatic heterocycles. The van der Waals surface area contributed by atoms with Gasteiger partial charge in [0, 0.05) is 19.4 Å². The first-order chi connectivity index (χ1) is 15.7. The average Bonchev–Trinajstić information content (AvgIpc) is 2.77. The molecule has 1 atom stereocenters. The van der Waals surface area contributed by atoms with Crippen molar-refractivity contribution in [3.05, 3.63) is 29.8 Å². The first-order valence-corrected chi connectivity index (χ1v) is 12.8. The van der Waals surface area contributed by atoms with Gasteiger partial charge in [-0.05, 0) is 56.3 Å². The highest BCUT2D eigenvalue weighted by Gasteiger charge is 2.25. The van der Waals surface area contributed by atoms with E-state index in [4.69, 9.17) is 5.11 Å². The fourth-order valence-electron chi connectivity index (χ4n) is 3.78. The Bertz CT molecular complexity index is 915. The molecule has 1 aliphatic rings. The van der Waals surface area contributed by atoms with Gasteiger partial charge >= 0.3 is 5.97 Å². The minimum atomic E-state index is -4.05. The highest BCUT2D eigenvalue weighted by molar-refractivity contribution is 7.89. The van der Waals surface area contributed by atoms with Gasteiger partial charge in [-0.2, -0.15) is 4.72 Å². The maximum absolute atomic E-state index is 12.8. The predicted octanol–water partition coefficient (Wildman–Crippen LogP) is 0.730. The van der Waals surface area contributed by atoms with Crippen molar-refractivity contribution < 1.29 is 27.9 Å². The van der Waals surface area contributed by atoms with Gasteiger partial charge in [-0.15, -0.1) is 0 Å². The summed E-state index contributed by atoms with van der Waals surface area (Å²) < 4.78 is 27.8. The molecule has 1 saturated heterocycles. The molecule has 5 N–H and O–H groups in total. The number of aliphatic carboxylic acids is 1. The molecule has 1 aliphatic heterocycles. The lowest BCUT2D eigenvalue weighted by molar-refractivity contribution is -0.137. The third kappa shape index (κ3) is 9.48. The van der Waals surface area contributed by atoms with Gasteiger partial charge in [-0.3, -0.25) is 14.4 Å². The standard InChI is InChI=1S/C22H34N4O6S/c1-2-17-5-3-4-6-18(17)33(31,32)26-19(15-22(29)30)25-21(28)11-14-24-20(27)8-7-16-9-12-23-13-10-16/h3-6,16,19,23,26H,2,7-15H2,1H3,(H,24,27)(H,25,28)(H,29,30). The van der Waals surface area contributed by atoms with Gasteiger partial charge in [0.2, 0.25) is 21.8 Å². The number of benzene rings is 1. The van der Waals surface area contributed by atoms with Crippen molar-refractivity contribution in [1.29, 1.82) is 0 Å². The number of carboxylic acid groups (broad SMARTS) is 1. The fourth-order valence-corrected chi connectivity index (χ4v) is 5.24. The first-order valence-electron chi connectivity index (χ1n) is 11.3. The van der Waals surface area contributed by atoms with Gasteiger partial charge in [-0.1, -0.05) is 25.1 Å². The molecule has 1 aromatic carbocycles. The Hall–Kier alpha value is -2.50. The van der Waals surface area contributed by atoms with Crippen LogP contribution in [0.2, 0.25) is 0 Å². The average molecular weight is 483 g/mol. The van der Waals surface area contributed by atoms with E-state index < -0.39 is 34.5 Å². The molecule has 2 amide bonds. The molecule has 1 aromatic rings. The van der Waals surface area contributed by atoms with Crippen LogP contribution < -0.4 is 20.7 Å². The van der Waals surface area contributed by atoms with Gasteiger partial charge in [0.05, 0.1) is 11.3 Å². The van der Waals surface area contributed by atoms with Crippen LogP contribution in [0.4, 0.5) is 0 Å². The second kappa shape index (κ2) is 13.3. The van der Waals surface area contributed by atoms with Crippen molar-refractivity contribution in [2.75, 3.05) is 19.6 Å². The number of carbonyl (C=O) groups is 3. The summed E-state index contributed by atoms with van der Waals surface area (Å²) in [7, 11) is -4.05. The molecular formula is C22H34N4O6S. The van der Waals surface area contributed by atoms with Crippen LogP contribution in [0, 0.1) is 5.92 Å². The lowest BCUT2D eigenvalue weighted by atomic mass is 9.93. The summed E-state index contributed by atoms with van der Waals surface area (Å²) in [6, 6.07) is 6.40. The minimum Gasteiger partial charge on any atom is -0.481 e. The second-order valence-electron chi connectivity index (χ2n) is 8.13. The molecule has 2 rings (SSSR count). The highest BCUT2D eigenvalue weighted by Crippen LogP contribution is 2.18. The highest BCUT2D eigenvalue weighted by atomic mass is 32.2. The van der Waals surface area contributed by atoms with Crippen molar-refractivity contribution in [3.8, 4) is 0 Å². The smallest absolute Gasteiger partial charge is 0.306 e. The number of nitrogens with one attached hydrogen (secondary N) is 4. The zero-order valence-electron chi connectivity index (χ0n) is 18.9.